The van der Waals surface area contributed by atoms with Crippen molar-refractivity contribution in [1.82, 2.24) is 20.2 Å². The summed E-state index contributed by atoms with van der Waals surface area (Å²) in [6, 6.07) is 20.8. The van der Waals surface area contributed by atoms with Gasteiger partial charge < -0.3 is 18.9 Å². The van der Waals surface area contributed by atoms with E-state index in [0.717, 1.165) is 17.0 Å². The molecule has 0 fully saturated rings. The minimum Gasteiger partial charge on any atom is -0.496 e. The summed E-state index contributed by atoms with van der Waals surface area (Å²) < 4.78 is 23.5. The van der Waals surface area contributed by atoms with Crippen LogP contribution in [0.2, 0.25) is 0 Å². The Labute approximate surface area is 231 Å². The van der Waals surface area contributed by atoms with Crippen molar-refractivity contribution < 1.29 is 23.7 Å². The number of rotatable bonds is 12. The molecule has 1 aromatic heterocycles. The zero-order valence-corrected chi connectivity index (χ0v) is 22.9. The largest absolute Gasteiger partial charge is 0.496 e. The molecular weight excluding hydrogens is 518 g/mol. The molecule has 0 saturated carbocycles. The molecule has 4 rings (SSSR count). The highest BCUT2D eigenvalue weighted by Crippen LogP contribution is 2.34. The van der Waals surface area contributed by atoms with Gasteiger partial charge in [0.1, 0.15) is 11.5 Å². The number of benzene rings is 3. The van der Waals surface area contributed by atoms with Gasteiger partial charge in [-0.1, -0.05) is 42.1 Å². The fourth-order valence-electron chi connectivity index (χ4n) is 3.72. The standard InChI is InChI=1S/C28H29N5O5S/c1-5-38-22-13-11-21(12-14-22)33-27(19-9-7-6-8-10-19)31-32-28(33)39-18-26(34)30-29-17-20-15-24(36-3)25(37-4)16-23(20)35-2/h6-17H,5,18H2,1-4H3,(H,30,34)/b29-17-. The number of nitrogens with zero attached hydrogens (tertiary/aromatic N) is 4. The maximum atomic E-state index is 12.6. The van der Waals surface area contributed by atoms with E-state index < -0.39 is 0 Å². The Morgan fingerprint density at radius 3 is 2.31 bits per heavy atom. The summed E-state index contributed by atoms with van der Waals surface area (Å²) in [6.45, 7) is 2.52. The van der Waals surface area contributed by atoms with Gasteiger partial charge in [-0.25, -0.2) is 5.43 Å². The van der Waals surface area contributed by atoms with E-state index in [1.165, 1.54) is 25.1 Å². The van der Waals surface area contributed by atoms with Crippen LogP contribution in [0.1, 0.15) is 12.5 Å². The highest BCUT2D eigenvalue weighted by Gasteiger charge is 2.17. The zero-order chi connectivity index (χ0) is 27.6. The summed E-state index contributed by atoms with van der Waals surface area (Å²) in [5, 5.41) is 13.4. The number of hydrazone groups is 1. The van der Waals surface area contributed by atoms with Crippen LogP contribution < -0.4 is 24.4 Å². The monoisotopic (exact) mass is 547 g/mol. The molecule has 1 heterocycles. The summed E-state index contributed by atoms with van der Waals surface area (Å²) in [4.78, 5) is 12.6. The molecule has 0 spiro atoms. The summed E-state index contributed by atoms with van der Waals surface area (Å²) in [5.74, 6) is 2.78. The molecule has 3 aromatic carbocycles. The Balaban J connectivity index is 1.50. The number of carbonyl (C=O) groups excluding carboxylic acids is 1. The summed E-state index contributed by atoms with van der Waals surface area (Å²) in [7, 11) is 4.63. The normalized spacial score (nSPS) is 10.9. The fraction of sp³-hybridized carbons (Fsp3) is 0.214. The molecule has 1 N–H and O–H groups in total. The van der Waals surface area contributed by atoms with Gasteiger partial charge in [0.15, 0.2) is 22.5 Å². The van der Waals surface area contributed by atoms with Crippen molar-refractivity contribution in [3.63, 3.8) is 0 Å². The molecule has 0 unspecified atom stereocenters. The SMILES string of the molecule is CCOc1ccc(-n2c(SCC(=O)N/N=C\c3cc(OC)c(OC)cc3OC)nnc2-c2ccccc2)cc1. The van der Waals surface area contributed by atoms with Gasteiger partial charge in [-0.3, -0.25) is 9.36 Å². The molecule has 10 nitrogen and oxygen atoms in total. The summed E-state index contributed by atoms with van der Waals surface area (Å²) >= 11 is 1.26. The molecule has 0 bridgehead atoms. The first-order chi connectivity index (χ1) is 19.1. The lowest BCUT2D eigenvalue weighted by atomic mass is 10.2. The minimum absolute atomic E-state index is 0.0738. The predicted octanol–water partition coefficient (Wildman–Crippen LogP) is 4.60. The highest BCUT2D eigenvalue weighted by atomic mass is 32.2. The topological polar surface area (TPSA) is 109 Å². The number of nitrogens with one attached hydrogen (secondary N) is 1. The van der Waals surface area contributed by atoms with E-state index in [1.54, 1.807) is 26.4 Å². The molecule has 39 heavy (non-hydrogen) atoms. The number of ether oxygens (including phenoxy) is 4. The van der Waals surface area contributed by atoms with E-state index >= 15 is 0 Å². The van der Waals surface area contributed by atoms with Crippen LogP contribution in [0.25, 0.3) is 17.1 Å². The molecule has 0 radical (unpaired) electrons. The third kappa shape index (κ3) is 6.68. The van der Waals surface area contributed by atoms with Gasteiger partial charge in [0, 0.05) is 22.9 Å². The average Bonchev–Trinajstić information content (AvgIpc) is 3.40. The van der Waals surface area contributed by atoms with E-state index in [1.807, 2.05) is 66.1 Å². The molecular formula is C28H29N5O5S. The van der Waals surface area contributed by atoms with E-state index in [-0.39, 0.29) is 11.7 Å². The van der Waals surface area contributed by atoms with Crippen molar-refractivity contribution >= 4 is 23.9 Å². The molecule has 4 aromatic rings. The van der Waals surface area contributed by atoms with Crippen molar-refractivity contribution in [2.45, 2.75) is 12.1 Å². The minimum atomic E-state index is -0.307. The van der Waals surface area contributed by atoms with Crippen LogP contribution in [0, 0.1) is 0 Å². The second-order valence-corrected chi connectivity index (χ2v) is 8.91. The van der Waals surface area contributed by atoms with Crippen molar-refractivity contribution in [3.8, 4) is 40.1 Å². The second-order valence-electron chi connectivity index (χ2n) is 7.97. The number of thioether (sulfide) groups is 1. The van der Waals surface area contributed by atoms with E-state index in [2.05, 4.69) is 20.7 Å². The van der Waals surface area contributed by atoms with Gasteiger partial charge in [-0.15, -0.1) is 10.2 Å². The van der Waals surface area contributed by atoms with E-state index in [0.29, 0.717) is 40.4 Å². The Morgan fingerprint density at radius 2 is 1.64 bits per heavy atom. The number of methoxy groups -OCH3 is 3. The molecule has 0 aliphatic rings. The van der Waals surface area contributed by atoms with Gasteiger partial charge >= 0.3 is 0 Å². The first-order valence-corrected chi connectivity index (χ1v) is 13.0. The number of aromatic nitrogens is 3. The molecule has 11 heteroatoms. The lowest BCUT2D eigenvalue weighted by Gasteiger charge is -2.12. The number of carbonyl (C=O) groups is 1. The molecule has 202 valence electrons. The third-order valence-electron chi connectivity index (χ3n) is 5.53. The van der Waals surface area contributed by atoms with Crippen LogP contribution in [0.4, 0.5) is 0 Å². The van der Waals surface area contributed by atoms with Crippen LogP contribution in [0.5, 0.6) is 23.0 Å². The highest BCUT2D eigenvalue weighted by molar-refractivity contribution is 7.99. The van der Waals surface area contributed by atoms with Crippen molar-refractivity contribution in [1.29, 1.82) is 0 Å². The van der Waals surface area contributed by atoms with Crippen molar-refractivity contribution in [3.05, 3.63) is 72.3 Å². The molecule has 1 amide bonds. The van der Waals surface area contributed by atoms with Crippen LogP contribution >= 0.6 is 11.8 Å². The van der Waals surface area contributed by atoms with E-state index in [9.17, 15) is 4.79 Å². The lowest BCUT2D eigenvalue weighted by Crippen LogP contribution is -2.20. The van der Waals surface area contributed by atoms with Crippen LogP contribution in [-0.2, 0) is 4.79 Å². The lowest BCUT2D eigenvalue weighted by molar-refractivity contribution is -0.118. The van der Waals surface area contributed by atoms with Crippen LogP contribution in [0.3, 0.4) is 0 Å². The Morgan fingerprint density at radius 1 is 0.949 bits per heavy atom. The smallest absolute Gasteiger partial charge is 0.250 e. The second kappa shape index (κ2) is 13.3. The number of amides is 1. The predicted molar refractivity (Wildman–Crippen MR) is 151 cm³/mol. The van der Waals surface area contributed by atoms with E-state index in [4.69, 9.17) is 18.9 Å². The fourth-order valence-corrected chi connectivity index (χ4v) is 4.46. The van der Waals surface area contributed by atoms with Crippen LogP contribution in [0.15, 0.2) is 77.0 Å². The van der Waals surface area contributed by atoms with Crippen LogP contribution in [-0.4, -0.2) is 60.6 Å². The average molecular weight is 548 g/mol. The maximum Gasteiger partial charge on any atom is 0.250 e. The van der Waals surface area contributed by atoms with Gasteiger partial charge in [0.25, 0.3) is 5.91 Å². The third-order valence-corrected chi connectivity index (χ3v) is 6.46. The van der Waals surface area contributed by atoms with Gasteiger partial charge in [0.05, 0.1) is 39.9 Å². The van der Waals surface area contributed by atoms with Gasteiger partial charge in [-0.05, 0) is 37.3 Å². The molecule has 0 atom stereocenters. The van der Waals surface area contributed by atoms with Crippen molar-refractivity contribution in [2.24, 2.45) is 5.10 Å². The summed E-state index contributed by atoms with van der Waals surface area (Å²) in [5.41, 5.74) is 4.92. The molecule has 0 aliphatic carbocycles. The number of hydrogen-bond donors (Lipinski definition) is 1. The quantitative estimate of drug-likeness (QED) is 0.156. The summed E-state index contributed by atoms with van der Waals surface area (Å²) in [6.07, 6.45) is 1.49. The Kier molecular flexibility index (Phi) is 9.41. The molecule has 0 aliphatic heterocycles. The molecule has 0 saturated heterocycles. The maximum absolute atomic E-state index is 12.6. The first-order valence-electron chi connectivity index (χ1n) is 12.1. The first kappa shape index (κ1) is 27.5. The Hall–Kier alpha value is -4.51. The number of hydrogen-bond acceptors (Lipinski definition) is 9. The van der Waals surface area contributed by atoms with Gasteiger partial charge in [-0.2, -0.15) is 5.10 Å². The van der Waals surface area contributed by atoms with Crippen molar-refractivity contribution in [2.75, 3.05) is 33.7 Å². The zero-order valence-electron chi connectivity index (χ0n) is 22.1. The van der Waals surface area contributed by atoms with Gasteiger partial charge in [0.2, 0.25) is 0 Å². The Bertz CT molecular complexity index is 1420.